The highest BCUT2D eigenvalue weighted by atomic mass is 32.2. The number of nitrogens with zero attached hydrogens (tertiary/aromatic N) is 1. The highest BCUT2D eigenvalue weighted by Crippen LogP contribution is 2.15. The number of hydrogen-bond acceptors (Lipinski definition) is 5. The Morgan fingerprint density at radius 2 is 1.92 bits per heavy atom. The summed E-state index contributed by atoms with van der Waals surface area (Å²) in [4.78, 5) is 15.8. The van der Waals surface area contributed by atoms with E-state index in [9.17, 15) is 13.2 Å². The maximum atomic E-state index is 11.9. The molecule has 1 aromatic heterocycles. The van der Waals surface area contributed by atoms with Crippen LogP contribution in [0.4, 0.5) is 0 Å². The molecule has 2 heterocycles. The van der Waals surface area contributed by atoms with E-state index in [-0.39, 0.29) is 23.5 Å². The number of nitrogens with one attached hydrogen (secondary N) is 1. The minimum atomic E-state index is -2.99. The molecule has 136 valence electrons. The van der Waals surface area contributed by atoms with Crippen LogP contribution in [-0.2, 0) is 21.2 Å². The number of amides is 1. The zero-order valence-electron chi connectivity index (χ0n) is 14.2. The molecule has 7 heteroatoms. The molecule has 1 aromatic carbocycles. The van der Waals surface area contributed by atoms with E-state index in [1.807, 2.05) is 36.4 Å². The van der Waals surface area contributed by atoms with Crippen LogP contribution >= 0.6 is 0 Å². The maximum absolute atomic E-state index is 11.9. The minimum absolute atomic E-state index is 0.0239. The SMILES string of the molecule is O=C(/C=C/c1ccc(OCc2ccncc2)cc1)NC1CCS(=O)(=O)C1. The summed E-state index contributed by atoms with van der Waals surface area (Å²) in [5.41, 5.74) is 1.89. The molecule has 0 bridgehead atoms. The van der Waals surface area contributed by atoms with Crippen molar-refractivity contribution in [2.75, 3.05) is 11.5 Å². The smallest absolute Gasteiger partial charge is 0.244 e. The van der Waals surface area contributed by atoms with Crippen LogP contribution in [-0.4, -0.2) is 36.9 Å². The van der Waals surface area contributed by atoms with Crippen molar-refractivity contribution in [3.8, 4) is 5.75 Å². The number of hydrogen-bond donors (Lipinski definition) is 1. The third kappa shape index (κ3) is 5.42. The van der Waals surface area contributed by atoms with Gasteiger partial charge in [-0.05, 0) is 47.9 Å². The van der Waals surface area contributed by atoms with E-state index in [2.05, 4.69) is 10.3 Å². The predicted molar refractivity (Wildman–Crippen MR) is 99.2 cm³/mol. The number of ether oxygens (including phenoxy) is 1. The third-order valence-corrected chi connectivity index (χ3v) is 5.81. The number of aromatic nitrogens is 1. The second-order valence-electron chi connectivity index (χ2n) is 6.16. The summed E-state index contributed by atoms with van der Waals surface area (Å²) >= 11 is 0. The van der Waals surface area contributed by atoms with Gasteiger partial charge in [0.2, 0.25) is 5.91 Å². The molecule has 2 aromatic rings. The Morgan fingerprint density at radius 3 is 2.58 bits per heavy atom. The molecule has 0 radical (unpaired) electrons. The van der Waals surface area contributed by atoms with Crippen molar-refractivity contribution in [1.29, 1.82) is 0 Å². The predicted octanol–water partition coefficient (Wildman–Crippen LogP) is 1.98. The highest BCUT2D eigenvalue weighted by molar-refractivity contribution is 7.91. The van der Waals surface area contributed by atoms with Crippen molar-refractivity contribution in [3.63, 3.8) is 0 Å². The van der Waals surface area contributed by atoms with Crippen molar-refractivity contribution < 1.29 is 17.9 Å². The van der Waals surface area contributed by atoms with Gasteiger partial charge < -0.3 is 10.1 Å². The van der Waals surface area contributed by atoms with Crippen molar-refractivity contribution >= 4 is 21.8 Å². The fourth-order valence-corrected chi connectivity index (χ4v) is 4.32. The van der Waals surface area contributed by atoms with E-state index < -0.39 is 9.84 Å². The van der Waals surface area contributed by atoms with Gasteiger partial charge in [-0.25, -0.2) is 8.42 Å². The van der Waals surface area contributed by atoms with E-state index in [1.165, 1.54) is 6.08 Å². The van der Waals surface area contributed by atoms with Crippen LogP contribution < -0.4 is 10.1 Å². The van der Waals surface area contributed by atoms with Crippen LogP contribution in [0.3, 0.4) is 0 Å². The average Bonchev–Trinajstić information content (AvgIpc) is 2.98. The Hall–Kier alpha value is -2.67. The molecule has 1 unspecified atom stereocenters. The minimum Gasteiger partial charge on any atom is -0.489 e. The number of sulfone groups is 1. The lowest BCUT2D eigenvalue weighted by molar-refractivity contribution is -0.116. The number of pyridine rings is 1. The van der Waals surface area contributed by atoms with Gasteiger partial charge >= 0.3 is 0 Å². The van der Waals surface area contributed by atoms with Crippen molar-refractivity contribution in [2.24, 2.45) is 0 Å². The second kappa shape index (κ2) is 8.14. The molecule has 0 aliphatic carbocycles. The molecule has 1 saturated heterocycles. The van der Waals surface area contributed by atoms with Gasteiger partial charge in [0.15, 0.2) is 9.84 Å². The van der Waals surface area contributed by atoms with Gasteiger partial charge in [-0.1, -0.05) is 12.1 Å². The largest absolute Gasteiger partial charge is 0.489 e. The van der Waals surface area contributed by atoms with Gasteiger partial charge in [0.1, 0.15) is 12.4 Å². The van der Waals surface area contributed by atoms with Gasteiger partial charge in [0.25, 0.3) is 0 Å². The normalized spacial score (nSPS) is 18.7. The van der Waals surface area contributed by atoms with Crippen LogP contribution in [0.15, 0.2) is 54.9 Å². The van der Waals surface area contributed by atoms with E-state index in [0.29, 0.717) is 13.0 Å². The highest BCUT2D eigenvalue weighted by Gasteiger charge is 2.28. The van der Waals surface area contributed by atoms with E-state index in [1.54, 1.807) is 18.5 Å². The number of rotatable bonds is 6. The molecule has 1 N–H and O–H groups in total. The number of carbonyl (C=O) groups excluding carboxylic acids is 1. The van der Waals surface area contributed by atoms with Crippen molar-refractivity contribution in [1.82, 2.24) is 10.3 Å². The Labute approximate surface area is 152 Å². The van der Waals surface area contributed by atoms with Crippen LogP contribution in [0, 0.1) is 0 Å². The Morgan fingerprint density at radius 1 is 1.19 bits per heavy atom. The average molecular weight is 372 g/mol. The summed E-state index contributed by atoms with van der Waals surface area (Å²) < 4.78 is 28.5. The molecule has 0 spiro atoms. The summed E-state index contributed by atoms with van der Waals surface area (Å²) in [5.74, 6) is 0.614. The fourth-order valence-electron chi connectivity index (χ4n) is 2.65. The first kappa shape index (κ1) is 18.1. The molecular formula is C19H20N2O4S. The van der Waals surface area contributed by atoms with Crippen LogP contribution in [0.1, 0.15) is 17.5 Å². The monoisotopic (exact) mass is 372 g/mol. The summed E-state index contributed by atoms with van der Waals surface area (Å²) in [6.45, 7) is 0.463. The molecule has 1 amide bonds. The summed E-state index contributed by atoms with van der Waals surface area (Å²) in [7, 11) is -2.99. The number of benzene rings is 1. The third-order valence-electron chi connectivity index (χ3n) is 4.04. The Balaban J connectivity index is 1.49. The molecule has 1 aliphatic rings. The van der Waals surface area contributed by atoms with Crippen LogP contribution in [0.5, 0.6) is 5.75 Å². The van der Waals surface area contributed by atoms with Crippen LogP contribution in [0.25, 0.3) is 6.08 Å². The molecule has 26 heavy (non-hydrogen) atoms. The van der Waals surface area contributed by atoms with Gasteiger partial charge in [-0.2, -0.15) is 0 Å². The zero-order chi connectivity index (χ0) is 18.4. The first-order valence-electron chi connectivity index (χ1n) is 8.31. The summed E-state index contributed by atoms with van der Waals surface area (Å²) in [5, 5.41) is 2.72. The molecule has 1 atom stereocenters. The molecule has 1 aliphatic heterocycles. The molecule has 1 fully saturated rings. The number of carbonyl (C=O) groups is 1. The summed E-state index contributed by atoms with van der Waals surface area (Å²) in [6.07, 6.45) is 7.02. The molecule has 3 rings (SSSR count). The van der Waals surface area contributed by atoms with E-state index in [0.717, 1.165) is 16.9 Å². The lowest BCUT2D eigenvalue weighted by Gasteiger charge is -2.08. The van der Waals surface area contributed by atoms with E-state index in [4.69, 9.17) is 4.74 Å². The molecular weight excluding hydrogens is 352 g/mol. The molecule has 6 nitrogen and oxygen atoms in total. The Kier molecular flexibility index (Phi) is 5.68. The lowest BCUT2D eigenvalue weighted by Crippen LogP contribution is -2.34. The lowest BCUT2D eigenvalue weighted by atomic mass is 10.2. The quantitative estimate of drug-likeness (QED) is 0.784. The maximum Gasteiger partial charge on any atom is 0.244 e. The second-order valence-corrected chi connectivity index (χ2v) is 8.38. The van der Waals surface area contributed by atoms with Gasteiger partial charge in [-0.3, -0.25) is 9.78 Å². The first-order valence-corrected chi connectivity index (χ1v) is 10.1. The fraction of sp³-hybridized carbons (Fsp3) is 0.263. The Bertz CT molecular complexity index is 878. The van der Waals surface area contributed by atoms with Gasteiger partial charge in [-0.15, -0.1) is 0 Å². The van der Waals surface area contributed by atoms with E-state index >= 15 is 0 Å². The van der Waals surface area contributed by atoms with Crippen molar-refractivity contribution in [3.05, 3.63) is 66.0 Å². The standard InChI is InChI=1S/C19H20N2O4S/c22-19(21-17-9-12-26(23,24)14-17)6-3-15-1-4-18(5-2-15)25-13-16-7-10-20-11-8-16/h1-8,10-11,17H,9,12-14H2,(H,21,22)/b6-3+. The first-order chi connectivity index (χ1) is 12.5. The van der Waals surface area contributed by atoms with Crippen LogP contribution in [0.2, 0.25) is 0 Å². The van der Waals surface area contributed by atoms with Gasteiger partial charge in [0, 0.05) is 24.5 Å². The van der Waals surface area contributed by atoms with Crippen molar-refractivity contribution in [2.45, 2.75) is 19.1 Å². The van der Waals surface area contributed by atoms with Gasteiger partial charge in [0.05, 0.1) is 11.5 Å². The zero-order valence-corrected chi connectivity index (χ0v) is 15.0. The topological polar surface area (TPSA) is 85.4 Å². The summed E-state index contributed by atoms with van der Waals surface area (Å²) in [6, 6.07) is 10.9. The molecule has 0 saturated carbocycles.